The van der Waals surface area contributed by atoms with Gasteiger partial charge in [-0.1, -0.05) is 62.0 Å². The number of alkyl halides is 3. The lowest BCUT2D eigenvalue weighted by Gasteiger charge is -2.22. The summed E-state index contributed by atoms with van der Waals surface area (Å²) in [6.45, 7) is 6.23. The number of thioether (sulfide) groups is 1. The van der Waals surface area contributed by atoms with E-state index >= 15 is 0 Å². The smallest absolute Gasteiger partial charge is 0.406 e. The van der Waals surface area contributed by atoms with Crippen LogP contribution >= 0.6 is 24.0 Å². The minimum Gasteiger partial charge on any atom is -0.406 e. The van der Waals surface area contributed by atoms with Crippen LogP contribution in [0.5, 0.6) is 5.75 Å². The standard InChI is InChI=1S/C32H29F3N6O2S2/c1-18(2)24-13-4-19(3)14-27(24)41-28(42)16-45-31(41)38-30(44)37-26-15-25(26)20-5-7-21(8-6-20)29-36-17-40(39-29)22-9-11-23(12-10-22)43-32(33,34)35/h4-14,17-18,25-26H,15-16H2,1-3H3,(H,37,44). The third kappa shape index (κ3) is 7.04. The first-order chi connectivity index (χ1) is 21.4. The Hall–Kier alpha value is -4.23. The first kappa shape index (κ1) is 30.8. The van der Waals surface area contributed by atoms with Gasteiger partial charge in [-0.25, -0.2) is 9.67 Å². The van der Waals surface area contributed by atoms with Gasteiger partial charge in [-0.15, -0.1) is 18.3 Å². The number of aromatic nitrogens is 3. The van der Waals surface area contributed by atoms with Crippen molar-refractivity contribution in [2.45, 2.75) is 51.4 Å². The van der Waals surface area contributed by atoms with Crippen LogP contribution in [0.15, 0.2) is 78.0 Å². The number of ether oxygens (including phenoxy) is 1. The average molecular weight is 651 g/mol. The monoisotopic (exact) mass is 650 g/mol. The van der Waals surface area contributed by atoms with Crippen LogP contribution in [0.2, 0.25) is 0 Å². The van der Waals surface area contributed by atoms with Crippen LogP contribution in [-0.2, 0) is 4.79 Å². The normalized spacial score (nSPS) is 19.0. The highest BCUT2D eigenvalue weighted by Gasteiger charge is 2.39. The molecule has 1 saturated carbocycles. The maximum atomic E-state index is 12.9. The van der Waals surface area contributed by atoms with Crippen LogP contribution in [0.3, 0.4) is 0 Å². The molecule has 4 aromatic rings. The zero-order valence-corrected chi connectivity index (χ0v) is 26.2. The number of hydrogen-bond donors (Lipinski definition) is 1. The molecule has 1 aliphatic carbocycles. The summed E-state index contributed by atoms with van der Waals surface area (Å²) in [7, 11) is 0. The van der Waals surface area contributed by atoms with Gasteiger partial charge in [0.15, 0.2) is 16.1 Å². The number of nitrogens with zero attached hydrogens (tertiary/aromatic N) is 5. The molecular formula is C32H29F3N6O2S2. The molecule has 8 nitrogen and oxygen atoms in total. The van der Waals surface area contributed by atoms with Gasteiger partial charge < -0.3 is 10.1 Å². The summed E-state index contributed by atoms with van der Waals surface area (Å²) >= 11 is 6.99. The topological polar surface area (TPSA) is 84.6 Å². The summed E-state index contributed by atoms with van der Waals surface area (Å²) in [6.07, 6.45) is -2.34. The Morgan fingerprint density at radius 1 is 1.11 bits per heavy atom. The minimum absolute atomic E-state index is 0.00815. The number of nitrogens with one attached hydrogen (secondary N) is 1. The molecule has 2 atom stereocenters. The van der Waals surface area contributed by atoms with Crippen LogP contribution in [0.1, 0.15) is 48.8 Å². The maximum Gasteiger partial charge on any atom is 0.573 e. The highest BCUT2D eigenvalue weighted by atomic mass is 32.2. The van der Waals surface area contributed by atoms with E-state index in [0.29, 0.717) is 27.5 Å². The van der Waals surface area contributed by atoms with Crippen LogP contribution < -0.4 is 15.0 Å². The first-order valence-corrected chi connectivity index (χ1v) is 15.7. The Kier molecular flexibility index (Phi) is 8.40. The molecule has 1 saturated heterocycles. The molecule has 1 amide bonds. The number of rotatable bonds is 7. The Morgan fingerprint density at radius 2 is 1.84 bits per heavy atom. The van der Waals surface area contributed by atoms with E-state index in [4.69, 9.17) is 12.2 Å². The molecule has 1 aliphatic heterocycles. The van der Waals surface area contributed by atoms with Gasteiger partial charge >= 0.3 is 6.36 Å². The molecule has 2 fully saturated rings. The van der Waals surface area contributed by atoms with E-state index < -0.39 is 6.36 Å². The first-order valence-electron chi connectivity index (χ1n) is 14.3. The van der Waals surface area contributed by atoms with E-state index in [1.54, 1.807) is 4.90 Å². The zero-order valence-electron chi connectivity index (χ0n) is 24.6. The van der Waals surface area contributed by atoms with Gasteiger partial charge in [0, 0.05) is 17.5 Å². The highest BCUT2D eigenvalue weighted by molar-refractivity contribution is 8.15. The van der Waals surface area contributed by atoms with Gasteiger partial charge in [-0.05, 0) is 78.5 Å². The molecule has 232 valence electrons. The van der Waals surface area contributed by atoms with Gasteiger partial charge in [0.05, 0.1) is 17.1 Å². The fraction of sp³-hybridized carbons (Fsp3) is 0.281. The number of carbonyl (C=O) groups is 1. The van der Waals surface area contributed by atoms with Crippen LogP contribution in [0, 0.1) is 6.92 Å². The lowest BCUT2D eigenvalue weighted by molar-refractivity contribution is -0.274. The van der Waals surface area contributed by atoms with Crippen molar-refractivity contribution in [1.29, 1.82) is 0 Å². The molecule has 0 bridgehead atoms. The predicted octanol–water partition coefficient (Wildman–Crippen LogP) is 7.13. The third-order valence-electron chi connectivity index (χ3n) is 7.53. The highest BCUT2D eigenvalue weighted by Crippen LogP contribution is 2.41. The second-order valence-electron chi connectivity index (χ2n) is 11.2. The number of benzene rings is 3. The lowest BCUT2D eigenvalue weighted by atomic mass is 9.99. The van der Waals surface area contributed by atoms with E-state index in [0.717, 1.165) is 34.4 Å². The van der Waals surface area contributed by atoms with Crippen LogP contribution in [0.4, 0.5) is 18.9 Å². The second-order valence-corrected chi connectivity index (χ2v) is 12.5. The maximum absolute atomic E-state index is 12.9. The number of aliphatic imine (C=N–C) groups is 1. The van der Waals surface area contributed by atoms with E-state index in [2.05, 4.69) is 51.1 Å². The molecule has 2 aliphatic rings. The minimum atomic E-state index is -4.75. The fourth-order valence-corrected chi connectivity index (χ4v) is 6.38. The second kappa shape index (κ2) is 12.3. The Morgan fingerprint density at radius 3 is 2.53 bits per heavy atom. The molecular weight excluding hydrogens is 622 g/mol. The van der Waals surface area contributed by atoms with Crippen molar-refractivity contribution in [3.8, 4) is 22.8 Å². The number of anilines is 1. The van der Waals surface area contributed by atoms with Gasteiger partial charge in [0.1, 0.15) is 12.1 Å². The molecule has 0 radical (unpaired) electrons. The van der Waals surface area contributed by atoms with Crippen LogP contribution in [0.25, 0.3) is 17.1 Å². The van der Waals surface area contributed by atoms with Crippen molar-refractivity contribution in [2.75, 3.05) is 10.7 Å². The Balaban J connectivity index is 1.08. The number of aryl methyl sites for hydroxylation is 1. The Labute approximate surface area is 267 Å². The third-order valence-corrected chi connectivity index (χ3v) is 8.67. The number of carbonyl (C=O) groups excluding carboxylic acids is 1. The average Bonchev–Trinajstić information content (AvgIpc) is 3.38. The van der Waals surface area contributed by atoms with E-state index in [1.165, 1.54) is 47.0 Å². The predicted molar refractivity (Wildman–Crippen MR) is 173 cm³/mol. The molecule has 2 unspecified atom stereocenters. The molecule has 6 rings (SSSR count). The summed E-state index contributed by atoms with van der Waals surface area (Å²) in [5, 5.41) is 8.75. The Bertz CT molecular complexity index is 1770. The molecule has 13 heteroatoms. The van der Waals surface area contributed by atoms with Gasteiger partial charge in [-0.2, -0.15) is 4.99 Å². The fourth-order valence-electron chi connectivity index (χ4n) is 5.22. The molecule has 1 aromatic heterocycles. The largest absolute Gasteiger partial charge is 0.573 e. The number of hydrogen-bond acceptors (Lipinski definition) is 6. The number of amidine groups is 1. The quantitative estimate of drug-likeness (QED) is 0.213. The van der Waals surface area contributed by atoms with E-state index in [-0.39, 0.29) is 29.5 Å². The molecule has 2 heterocycles. The molecule has 1 N–H and O–H groups in total. The number of amides is 1. The van der Waals surface area contributed by atoms with Crippen molar-refractivity contribution >= 4 is 45.9 Å². The summed E-state index contributed by atoms with van der Waals surface area (Å²) < 4.78 is 42.7. The van der Waals surface area contributed by atoms with Crippen LogP contribution in [-0.4, -0.2) is 49.1 Å². The van der Waals surface area contributed by atoms with Crippen molar-refractivity contribution in [3.63, 3.8) is 0 Å². The summed E-state index contributed by atoms with van der Waals surface area (Å²) in [6, 6.07) is 19.6. The summed E-state index contributed by atoms with van der Waals surface area (Å²) in [5.41, 5.74) is 5.52. The van der Waals surface area contributed by atoms with E-state index in [9.17, 15) is 18.0 Å². The van der Waals surface area contributed by atoms with Gasteiger partial charge in [-0.3, -0.25) is 9.69 Å². The summed E-state index contributed by atoms with van der Waals surface area (Å²) in [5.74, 6) is 1.01. The van der Waals surface area contributed by atoms with Crippen molar-refractivity contribution in [3.05, 3.63) is 89.7 Å². The SMILES string of the molecule is Cc1ccc(C(C)C)c(N2C(=O)CSC2=NC(=S)NC2CC2c2ccc(-c3ncn(-c4ccc(OC(F)(F)F)cc4)n3)cc2)c1. The number of thiocarbonyl (C=S) groups is 1. The zero-order chi connectivity index (χ0) is 31.9. The summed E-state index contributed by atoms with van der Waals surface area (Å²) in [4.78, 5) is 23.6. The molecule has 0 spiro atoms. The van der Waals surface area contributed by atoms with Gasteiger partial charge in [0.2, 0.25) is 5.91 Å². The molecule has 45 heavy (non-hydrogen) atoms. The van der Waals surface area contributed by atoms with Crippen molar-refractivity contribution in [2.24, 2.45) is 4.99 Å². The molecule has 3 aromatic carbocycles. The number of halogens is 3. The van der Waals surface area contributed by atoms with Crippen molar-refractivity contribution in [1.82, 2.24) is 20.1 Å². The lowest BCUT2D eigenvalue weighted by Crippen LogP contribution is -2.32. The van der Waals surface area contributed by atoms with Crippen molar-refractivity contribution < 1.29 is 22.7 Å². The van der Waals surface area contributed by atoms with E-state index in [1.807, 2.05) is 37.3 Å². The van der Waals surface area contributed by atoms with Gasteiger partial charge in [0.25, 0.3) is 0 Å².